The Morgan fingerprint density at radius 3 is 2.48 bits per heavy atom. The molecule has 0 unspecified atom stereocenters. The molecule has 0 aliphatic rings. The van der Waals surface area contributed by atoms with E-state index in [1.54, 1.807) is 0 Å². The Morgan fingerprint density at radius 2 is 1.95 bits per heavy atom. The molecule has 3 nitrogen and oxygen atoms in total. The van der Waals surface area contributed by atoms with Gasteiger partial charge in [0.15, 0.2) is 17.3 Å². The van der Waals surface area contributed by atoms with Gasteiger partial charge < -0.3 is 9.47 Å². The highest BCUT2D eigenvalue weighted by Crippen LogP contribution is 2.29. The number of methoxy groups -OCH3 is 1. The standard InChI is InChI=1S/C13H11F5O3/c1-20-11-7-8(4-5-10(11)21-12(14)15)9(19)3-2-6-13(16,17)18/h2-5,7,12H,6H2,1H3/b3-2+. The Hall–Kier alpha value is -2.12. The van der Waals surface area contributed by atoms with E-state index in [-0.39, 0.29) is 17.1 Å². The molecule has 1 aromatic rings. The molecule has 0 fully saturated rings. The van der Waals surface area contributed by atoms with Crippen LogP contribution in [0.5, 0.6) is 11.5 Å². The molecule has 21 heavy (non-hydrogen) atoms. The molecule has 0 heterocycles. The molecule has 1 rings (SSSR count). The molecule has 8 heteroatoms. The summed E-state index contributed by atoms with van der Waals surface area (Å²) in [5, 5.41) is 0. The Bertz CT molecular complexity index is 523. The van der Waals surface area contributed by atoms with E-state index in [1.807, 2.05) is 0 Å². The van der Waals surface area contributed by atoms with Gasteiger partial charge in [-0.1, -0.05) is 6.08 Å². The summed E-state index contributed by atoms with van der Waals surface area (Å²) in [4.78, 5) is 11.6. The summed E-state index contributed by atoms with van der Waals surface area (Å²) in [7, 11) is 1.18. The highest BCUT2D eigenvalue weighted by Gasteiger charge is 2.24. The molecule has 0 N–H and O–H groups in total. The third-order valence-electron chi connectivity index (χ3n) is 2.28. The lowest BCUT2D eigenvalue weighted by atomic mass is 10.1. The maximum Gasteiger partial charge on any atom is 0.392 e. The first-order valence-electron chi connectivity index (χ1n) is 5.63. The normalized spacial score (nSPS) is 12.0. The zero-order chi connectivity index (χ0) is 16.0. The average molecular weight is 310 g/mol. The second-order valence-electron chi connectivity index (χ2n) is 3.83. The number of hydrogen-bond acceptors (Lipinski definition) is 3. The summed E-state index contributed by atoms with van der Waals surface area (Å²) in [6, 6.07) is 3.34. The van der Waals surface area contributed by atoms with E-state index < -0.39 is 25.0 Å². The number of ketones is 1. The van der Waals surface area contributed by atoms with Crippen LogP contribution in [-0.2, 0) is 0 Å². The van der Waals surface area contributed by atoms with Crippen LogP contribution < -0.4 is 9.47 Å². The van der Waals surface area contributed by atoms with Crippen molar-refractivity contribution < 1.29 is 36.2 Å². The predicted octanol–water partition coefficient (Wildman–Crippen LogP) is 3.99. The zero-order valence-corrected chi connectivity index (χ0v) is 10.8. The van der Waals surface area contributed by atoms with Crippen molar-refractivity contribution in [2.45, 2.75) is 19.2 Å². The van der Waals surface area contributed by atoms with Crippen molar-refractivity contribution in [2.24, 2.45) is 0 Å². The molecule has 0 aliphatic heterocycles. The minimum Gasteiger partial charge on any atom is -0.493 e. The van der Waals surface area contributed by atoms with Crippen LogP contribution in [0.1, 0.15) is 16.8 Å². The highest BCUT2D eigenvalue weighted by atomic mass is 19.4. The predicted molar refractivity (Wildman–Crippen MR) is 63.8 cm³/mol. The lowest BCUT2D eigenvalue weighted by Crippen LogP contribution is -2.06. The number of carbonyl (C=O) groups is 1. The number of carbonyl (C=O) groups excluding carboxylic acids is 1. The number of allylic oxidation sites excluding steroid dienone is 2. The largest absolute Gasteiger partial charge is 0.493 e. The second-order valence-corrected chi connectivity index (χ2v) is 3.83. The van der Waals surface area contributed by atoms with E-state index in [4.69, 9.17) is 4.74 Å². The molecular formula is C13H11F5O3. The van der Waals surface area contributed by atoms with Crippen molar-refractivity contribution in [1.82, 2.24) is 0 Å². The van der Waals surface area contributed by atoms with E-state index >= 15 is 0 Å². The van der Waals surface area contributed by atoms with Gasteiger partial charge in [0.2, 0.25) is 0 Å². The van der Waals surface area contributed by atoms with Gasteiger partial charge in [-0.25, -0.2) is 0 Å². The van der Waals surface area contributed by atoms with Gasteiger partial charge in [0, 0.05) is 5.56 Å². The Balaban J connectivity index is 2.86. The third kappa shape index (κ3) is 5.80. The molecule has 0 spiro atoms. The number of rotatable bonds is 6. The molecule has 0 aromatic heterocycles. The third-order valence-corrected chi connectivity index (χ3v) is 2.28. The maximum atomic E-state index is 12.1. The number of benzene rings is 1. The van der Waals surface area contributed by atoms with Crippen LogP contribution in [-0.4, -0.2) is 25.7 Å². The number of hydrogen-bond donors (Lipinski definition) is 0. The van der Waals surface area contributed by atoms with E-state index in [2.05, 4.69) is 4.74 Å². The molecule has 116 valence electrons. The monoisotopic (exact) mass is 310 g/mol. The van der Waals surface area contributed by atoms with Gasteiger partial charge in [-0.05, 0) is 24.3 Å². The Labute approximate surface area is 117 Å². The maximum absolute atomic E-state index is 12.1. The lowest BCUT2D eigenvalue weighted by molar-refractivity contribution is -0.125. The first kappa shape index (κ1) is 16.9. The molecule has 0 amide bonds. The van der Waals surface area contributed by atoms with Gasteiger partial charge in [0.05, 0.1) is 13.5 Å². The number of halogens is 5. The number of alkyl halides is 5. The molecule has 0 saturated carbocycles. The molecule has 0 radical (unpaired) electrons. The van der Waals surface area contributed by atoms with Crippen molar-refractivity contribution in [3.05, 3.63) is 35.9 Å². The summed E-state index contributed by atoms with van der Waals surface area (Å²) in [5.41, 5.74) is -0.00751. The van der Waals surface area contributed by atoms with Crippen molar-refractivity contribution in [3.63, 3.8) is 0 Å². The van der Waals surface area contributed by atoms with Gasteiger partial charge in [-0.2, -0.15) is 22.0 Å². The SMILES string of the molecule is COc1cc(C(=O)/C=C/CC(F)(F)F)ccc1OC(F)F. The fourth-order valence-electron chi connectivity index (χ4n) is 1.41. The van der Waals surface area contributed by atoms with Crippen LogP contribution in [0.2, 0.25) is 0 Å². The fourth-order valence-corrected chi connectivity index (χ4v) is 1.41. The van der Waals surface area contributed by atoms with Crippen molar-refractivity contribution in [2.75, 3.05) is 7.11 Å². The summed E-state index contributed by atoms with van der Waals surface area (Å²) in [6.07, 6.45) is -4.19. The van der Waals surface area contributed by atoms with Crippen LogP contribution in [0.4, 0.5) is 22.0 Å². The summed E-state index contributed by atoms with van der Waals surface area (Å²) in [6.45, 7) is -3.06. The van der Waals surface area contributed by atoms with Crippen LogP contribution in [0, 0.1) is 0 Å². The van der Waals surface area contributed by atoms with Crippen LogP contribution in [0.15, 0.2) is 30.4 Å². The van der Waals surface area contributed by atoms with Crippen molar-refractivity contribution >= 4 is 5.78 Å². The summed E-state index contributed by atoms with van der Waals surface area (Å²) >= 11 is 0. The van der Waals surface area contributed by atoms with Crippen LogP contribution in [0.25, 0.3) is 0 Å². The second kappa shape index (κ2) is 7.05. The fraction of sp³-hybridized carbons (Fsp3) is 0.308. The summed E-state index contributed by atoms with van der Waals surface area (Å²) < 4.78 is 69.0. The van der Waals surface area contributed by atoms with Gasteiger partial charge >= 0.3 is 12.8 Å². The molecule has 0 atom stereocenters. The van der Waals surface area contributed by atoms with E-state index in [1.165, 1.54) is 7.11 Å². The molecule has 0 bridgehead atoms. The van der Waals surface area contributed by atoms with Gasteiger partial charge in [0.1, 0.15) is 0 Å². The summed E-state index contributed by atoms with van der Waals surface area (Å²) in [5.74, 6) is -1.10. The average Bonchev–Trinajstić information content (AvgIpc) is 2.36. The topological polar surface area (TPSA) is 35.5 Å². The minimum atomic E-state index is -4.40. The number of ether oxygens (including phenoxy) is 2. The quantitative estimate of drug-likeness (QED) is 0.453. The van der Waals surface area contributed by atoms with E-state index in [9.17, 15) is 26.7 Å². The van der Waals surface area contributed by atoms with Crippen LogP contribution in [0.3, 0.4) is 0 Å². The van der Waals surface area contributed by atoms with E-state index in [0.29, 0.717) is 6.08 Å². The van der Waals surface area contributed by atoms with Crippen molar-refractivity contribution in [1.29, 1.82) is 0 Å². The van der Waals surface area contributed by atoms with Gasteiger partial charge in [-0.15, -0.1) is 0 Å². The van der Waals surface area contributed by atoms with Crippen LogP contribution >= 0.6 is 0 Å². The molecule has 0 saturated heterocycles. The first-order chi connectivity index (χ1) is 9.73. The molecule has 1 aromatic carbocycles. The Morgan fingerprint density at radius 1 is 1.29 bits per heavy atom. The van der Waals surface area contributed by atoms with Gasteiger partial charge in [0.25, 0.3) is 0 Å². The smallest absolute Gasteiger partial charge is 0.392 e. The first-order valence-corrected chi connectivity index (χ1v) is 5.63. The van der Waals surface area contributed by atoms with Gasteiger partial charge in [-0.3, -0.25) is 4.79 Å². The zero-order valence-electron chi connectivity index (χ0n) is 10.8. The van der Waals surface area contributed by atoms with Crippen molar-refractivity contribution in [3.8, 4) is 11.5 Å². The minimum absolute atomic E-state index is 0.00751. The highest BCUT2D eigenvalue weighted by molar-refractivity contribution is 6.04. The molecule has 0 aliphatic carbocycles. The molecular weight excluding hydrogens is 299 g/mol. The Kier molecular flexibility index (Phi) is 5.69. The lowest BCUT2D eigenvalue weighted by Gasteiger charge is -2.10. The van der Waals surface area contributed by atoms with E-state index in [0.717, 1.165) is 24.3 Å².